The first-order valence-corrected chi connectivity index (χ1v) is 17.3. The van der Waals surface area contributed by atoms with Crippen LogP contribution in [0, 0.1) is 0 Å². The zero-order valence-corrected chi connectivity index (χ0v) is 27.7. The second kappa shape index (κ2) is 11.9. The van der Waals surface area contributed by atoms with Gasteiger partial charge in [0.2, 0.25) is 0 Å². The highest BCUT2D eigenvalue weighted by Crippen LogP contribution is 2.44. The van der Waals surface area contributed by atoms with Crippen molar-refractivity contribution in [2.24, 2.45) is 0 Å². The summed E-state index contributed by atoms with van der Waals surface area (Å²) in [6, 6.07) is 66.2. The summed E-state index contributed by atoms with van der Waals surface area (Å²) in [6.45, 7) is 0. The van der Waals surface area contributed by atoms with Crippen LogP contribution in [0.1, 0.15) is 0 Å². The molecule has 0 saturated carbocycles. The van der Waals surface area contributed by atoms with Crippen LogP contribution >= 0.6 is 0 Å². The molecule has 0 aliphatic rings. The number of hydrogen-bond donors (Lipinski definition) is 0. The maximum Gasteiger partial charge on any atom is 0.137 e. The number of benzene rings is 8. The van der Waals surface area contributed by atoms with Gasteiger partial charge in [-0.05, 0) is 94.0 Å². The van der Waals surface area contributed by atoms with Crippen LogP contribution in [0.25, 0.3) is 77.3 Å². The molecule has 0 fully saturated rings. The lowest BCUT2D eigenvalue weighted by Gasteiger charge is -2.27. The molecule has 10 rings (SSSR count). The number of hydrogen-bond acceptors (Lipinski definition) is 3. The Labute approximate surface area is 295 Å². The first kappa shape index (κ1) is 29.1. The Bertz CT molecular complexity index is 2840. The van der Waals surface area contributed by atoms with E-state index in [0.29, 0.717) is 0 Å². The van der Waals surface area contributed by atoms with E-state index in [0.717, 1.165) is 72.1 Å². The Hall–Kier alpha value is -6.84. The zero-order chi connectivity index (χ0) is 33.7. The summed E-state index contributed by atoms with van der Waals surface area (Å²) in [5.74, 6) is 0. The molecule has 51 heavy (non-hydrogen) atoms. The summed E-state index contributed by atoms with van der Waals surface area (Å²) >= 11 is 0. The second-order valence-electron chi connectivity index (χ2n) is 12.9. The highest BCUT2D eigenvalue weighted by atomic mass is 16.3. The molecule has 0 N–H and O–H groups in total. The topological polar surface area (TPSA) is 29.5 Å². The molecule has 3 heteroatoms. The zero-order valence-electron chi connectivity index (χ0n) is 27.7. The smallest absolute Gasteiger partial charge is 0.137 e. The molecule has 10 aromatic rings. The lowest BCUT2D eigenvalue weighted by Crippen LogP contribution is -2.10. The number of fused-ring (bicyclic) bond motifs is 6. The van der Waals surface area contributed by atoms with Gasteiger partial charge in [-0.15, -0.1) is 0 Å². The number of anilines is 3. The molecule has 0 aliphatic carbocycles. The van der Waals surface area contributed by atoms with Gasteiger partial charge in [-0.2, -0.15) is 0 Å². The van der Waals surface area contributed by atoms with Gasteiger partial charge in [0.25, 0.3) is 0 Å². The molecule has 0 aliphatic heterocycles. The van der Waals surface area contributed by atoms with Crippen LogP contribution in [0.4, 0.5) is 17.1 Å². The third-order valence-corrected chi connectivity index (χ3v) is 9.91. The molecular weight excluding hydrogens is 623 g/mol. The van der Waals surface area contributed by atoms with E-state index in [9.17, 15) is 0 Å². The van der Waals surface area contributed by atoms with E-state index in [1.165, 1.54) is 22.3 Å². The molecule has 2 heterocycles. The average Bonchev–Trinajstić information content (AvgIpc) is 3.77. The average molecular weight is 654 g/mol. The van der Waals surface area contributed by atoms with E-state index in [-0.39, 0.29) is 0 Å². The van der Waals surface area contributed by atoms with Crippen molar-refractivity contribution in [3.8, 4) is 33.4 Å². The van der Waals surface area contributed by atoms with Gasteiger partial charge >= 0.3 is 0 Å². The Morgan fingerprint density at radius 1 is 0.314 bits per heavy atom. The number of nitrogens with zero attached hydrogens (tertiary/aromatic N) is 1. The van der Waals surface area contributed by atoms with E-state index in [4.69, 9.17) is 8.83 Å². The van der Waals surface area contributed by atoms with Gasteiger partial charge in [-0.1, -0.05) is 127 Å². The largest absolute Gasteiger partial charge is 0.456 e. The summed E-state index contributed by atoms with van der Waals surface area (Å²) < 4.78 is 12.6. The van der Waals surface area contributed by atoms with E-state index >= 15 is 0 Å². The maximum atomic E-state index is 6.35. The first-order valence-electron chi connectivity index (χ1n) is 17.3. The molecule has 240 valence electrons. The minimum atomic E-state index is 0.864. The highest BCUT2D eigenvalue weighted by Gasteiger charge is 2.20. The van der Waals surface area contributed by atoms with Gasteiger partial charge in [0, 0.05) is 27.5 Å². The van der Waals surface area contributed by atoms with Gasteiger partial charge in [-0.3, -0.25) is 0 Å². The van der Waals surface area contributed by atoms with Gasteiger partial charge in [0.15, 0.2) is 0 Å². The molecule has 0 saturated heterocycles. The van der Waals surface area contributed by atoms with E-state index in [1.54, 1.807) is 0 Å². The van der Waals surface area contributed by atoms with E-state index in [2.05, 4.69) is 169 Å². The van der Waals surface area contributed by atoms with Gasteiger partial charge < -0.3 is 13.7 Å². The Morgan fingerprint density at radius 3 is 1.55 bits per heavy atom. The molecule has 0 spiro atoms. The second-order valence-corrected chi connectivity index (χ2v) is 12.9. The molecule has 0 atom stereocenters. The number of rotatable bonds is 6. The Morgan fingerprint density at radius 2 is 0.824 bits per heavy atom. The van der Waals surface area contributed by atoms with E-state index in [1.807, 2.05) is 24.3 Å². The molecular formula is C48H31NO2. The molecule has 8 aromatic carbocycles. The lowest BCUT2D eigenvalue weighted by molar-refractivity contribution is 0.668. The fourth-order valence-electron chi connectivity index (χ4n) is 7.47. The molecule has 0 radical (unpaired) electrons. The Kier molecular flexibility index (Phi) is 6.81. The van der Waals surface area contributed by atoms with Crippen molar-refractivity contribution in [2.45, 2.75) is 0 Å². The monoisotopic (exact) mass is 653 g/mol. The van der Waals surface area contributed by atoms with Crippen LogP contribution in [-0.4, -0.2) is 0 Å². The summed E-state index contributed by atoms with van der Waals surface area (Å²) in [5, 5.41) is 4.45. The van der Waals surface area contributed by atoms with Gasteiger partial charge in [0.05, 0.1) is 11.1 Å². The van der Waals surface area contributed by atoms with E-state index < -0.39 is 0 Å². The van der Waals surface area contributed by atoms with Crippen LogP contribution in [0.5, 0.6) is 0 Å². The van der Waals surface area contributed by atoms with Gasteiger partial charge in [0.1, 0.15) is 22.3 Å². The number of furan rings is 2. The highest BCUT2D eigenvalue weighted by molar-refractivity contribution is 6.13. The quantitative estimate of drug-likeness (QED) is 0.179. The van der Waals surface area contributed by atoms with Crippen molar-refractivity contribution in [2.75, 3.05) is 4.90 Å². The lowest BCUT2D eigenvalue weighted by atomic mass is 9.94. The van der Waals surface area contributed by atoms with Crippen LogP contribution in [0.3, 0.4) is 0 Å². The van der Waals surface area contributed by atoms with Crippen LogP contribution < -0.4 is 4.90 Å². The third-order valence-electron chi connectivity index (χ3n) is 9.91. The standard InChI is InChI=1S/C48H31NO2/c1-2-11-33(12-3-1)38-13-4-5-14-39(38)34-23-28-37(29-24-34)49(43-17-10-20-46-48(43)42-16-7-9-19-45(42)50-46)36-26-21-32(22-27-36)35-25-30-41-40-15-6-8-18-44(40)51-47(41)31-35/h1-31H. The van der Waals surface area contributed by atoms with Crippen LogP contribution in [-0.2, 0) is 0 Å². The molecule has 0 unspecified atom stereocenters. The summed E-state index contributed by atoms with van der Waals surface area (Å²) in [6.07, 6.45) is 0. The van der Waals surface area contributed by atoms with Crippen molar-refractivity contribution in [1.82, 2.24) is 0 Å². The maximum absolute atomic E-state index is 6.35. The van der Waals surface area contributed by atoms with Crippen molar-refractivity contribution in [3.05, 3.63) is 188 Å². The molecule has 0 amide bonds. The molecule has 0 bridgehead atoms. The minimum absolute atomic E-state index is 0.864. The Balaban J connectivity index is 1.09. The molecule has 2 aromatic heterocycles. The molecule has 3 nitrogen and oxygen atoms in total. The van der Waals surface area contributed by atoms with Crippen molar-refractivity contribution < 1.29 is 8.83 Å². The fraction of sp³-hybridized carbons (Fsp3) is 0. The summed E-state index contributed by atoms with van der Waals surface area (Å²) in [4.78, 5) is 2.34. The predicted octanol–water partition coefficient (Wildman–Crippen LogP) is 14.0. The van der Waals surface area contributed by atoms with Crippen molar-refractivity contribution >= 4 is 60.9 Å². The minimum Gasteiger partial charge on any atom is -0.456 e. The first-order chi connectivity index (χ1) is 25.3. The van der Waals surface area contributed by atoms with Crippen LogP contribution in [0.15, 0.2) is 197 Å². The van der Waals surface area contributed by atoms with Crippen LogP contribution in [0.2, 0.25) is 0 Å². The summed E-state index contributed by atoms with van der Waals surface area (Å²) in [7, 11) is 0. The fourth-order valence-corrected chi connectivity index (χ4v) is 7.47. The van der Waals surface area contributed by atoms with Crippen molar-refractivity contribution in [3.63, 3.8) is 0 Å². The summed E-state index contributed by atoms with van der Waals surface area (Å²) in [5.41, 5.74) is 13.8. The van der Waals surface area contributed by atoms with Gasteiger partial charge in [-0.25, -0.2) is 0 Å². The predicted molar refractivity (Wildman–Crippen MR) is 212 cm³/mol. The SMILES string of the molecule is c1ccc(-c2ccccc2-c2ccc(N(c3ccc(-c4ccc5c(c4)oc4ccccc45)cc3)c3cccc4oc5ccccc5c34)cc2)cc1. The third kappa shape index (κ3) is 4.98. The normalized spacial score (nSPS) is 11.5. The van der Waals surface area contributed by atoms with Crippen molar-refractivity contribution in [1.29, 1.82) is 0 Å². The number of para-hydroxylation sites is 2.